The molecule has 3 rings (SSSR count). The van der Waals surface area contributed by atoms with Crippen molar-refractivity contribution in [3.8, 4) is 0 Å². The third-order valence-electron chi connectivity index (χ3n) is 5.35. The van der Waals surface area contributed by atoms with Gasteiger partial charge in [0.15, 0.2) is 0 Å². The summed E-state index contributed by atoms with van der Waals surface area (Å²) >= 11 is 0. The van der Waals surface area contributed by atoms with Gasteiger partial charge in [-0.15, -0.1) is 0 Å². The summed E-state index contributed by atoms with van der Waals surface area (Å²) in [4.78, 5) is 40.2. The van der Waals surface area contributed by atoms with E-state index in [-0.39, 0.29) is 17.7 Å². The number of nitrogens with one attached hydrogen (secondary N) is 1. The van der Waals surface area contributed by atoms with Crippen LogP contribution in [0, 0.1) is 13.8 Å². The van der Waals surface area contributed by atoms with E-state index in [4.69, 9.17) is 9.97 Å². The van der Waals surface area contributed by atoms with Crippen LogP contribution in [-0.2, 0) is 11.2 Å². The largest absolute Gasteiger partial charge is 0.356 e. The van der Waals surface area contributed by atoms with E-state index in [1.807, 2.05) is 25.7 Å². The number of pyridine rings is 1. The van der Waals surface area contributed by atoms with Gasteiger partial charge in [0.1, 0.15) is 5.82 Å². The molecule has 1 saturated heterocycles. The molecule has 1 unspecified atom stereocenters. The lowest BCUT2D eigenvalue weighted by Gasteiger charge is -2.32. The van der Waals surface area contributed by atoms with Crippen molar-refractivity contribution in [3.63, 3.8) is 0 Å². The monoisotopic (exact) mass is 395 g/mol. The van der Waals surface area contributed by atoms with Crippen LogP contribution in [0.5, 0.6) is 0 Å². The molecule has 0 aliphatic carbocycles. The molecule has 1 N–H and O–H groups in total. The standard InChI is InChI=1S/C22H29N5O2/c1-4-9-24-20(28)13-19-15(2)25-21(26-16(19)3)18-6-5-12-27(14-18)22(29)17-7-10-23-11-8-17/h7-8,10-11,18H,4-6,9,12-14H2,1-3H3,(H,24,28). The van der Waals surface area contributed by atoms with Crippen molar-refractivity contribution < 1.29 is 9.59 Å². The van der Waals surface area contributed by atoms with Crippen molar-refractivity contribution in [1.29, 1.82) is 0 Å². The molecule has 1 atom stereocenters. The lowest BCUT2D eigenvalue weighted by Crippen LogP contribution is -2.39. The minimum atomic E-state index is 0.00110. The molecule has 29 heavy (non-hydrogen) atoms. The van der Waals surface area contributed by atoms with E-state index in [9.17, 15) is 9.59 Å². The number of carbonyl (C=O) groups is 2. The SMILES string of the molecule is CCCNC(=O)Cc1c(C)nc(C2CCCN(C(=O)c3ccncc3)C2)nc1C. The number of rotatable bonds is 6. The van der Waals surface area contributed by atoms with Crippen LogP contribution >= 0.6 is 0 Å². The highest BCUT2D eigenvalue weighted by Gasteiger charge is 2.28. The van der Waals surface area contributed by atoms with Crippen molar-refractivity contribution in [3.05, 3.63) is 52.9 Å². The Morgan fingerprint density at radius 3 is 2.52 bits per heavy atom. The lowest BCUT2D eigenvalue weighted by molar-refractivity contribution is -0.120. The molecule has 0 radical (unpaired) electrons. The van der Waals surface area contributed by atoms with Crippen molar-refractivity contribution in [2.24, 2.45) is 0 Å². The van der Waals surface area contributed by atoms with Crippen LogP contribution in [0.2, 0.25) is 0 Å². The van der Waals surface area contributed by atoms with Crippen LogP contribution in [0.4, 0.5) is 0 Å². The fourth-order valence-corrected chi connectivity index (χ4v) is 3.74. The van der Waals surface area contributed by atoms with Gasteiger partial charge in [-0.05, 0) is 45.2 Å². The number of aryl methyl sites for hydroxylation is 2. The molecule has 7 heteroatoms. The maximum absolute atomic E-state index is 12.8. The third-order valence-corrected chi connectivity index (χ3v) is 5.35. The van der Waals surface area contributed by atoms with E-state index in [1.54, 1.807) is 24.5 Å². The smallest absolute Gasteiger partial charge is 0.253 e. The molecular weight excluding hydrogens is 366 g/mol. The highest BCUT2D eigenvalue weighted by atomic mass is 16.2. The summed E-state index contributed by atoms with van der Waals surface area (Å²) in [6, 6.07) is 3.49. The number of carbonyl (C=O) groups excluding carboxylic acids is 2. The molecular formula is C22H29N5O2. The van der Waals surface area contributed by atoms with Crippen molar-refractivity contribution in [2.75, 3.05) is 19.6 Å². The summed E-state index contributed by atoms with van der Waals surface area (Å²) in [6.07, 6.45) is 6.37. The number of hydrogen-bond donors (Lipinski definition) is 1. The fourth-order valence-electron chi connectivity index (χ4n) is 3.74. The molecule has 3 heterocycles. The Balaban J connectivity index is 1.73. The lowest BCUT2D eigenvalue weighted by atomic mass is 9.95. The maximum atomic E-state index is 12.8. The summed E-state index contributed by atoms with van der Waals surface area (Å²) in [7, 11) is 0. The van der Waals surface area contributed by atoms with Gasteiger partial charge in [-0.2, -0.15) is 0 Å². The molecule has 2 aromatic heterocycles. The van der Waals surface area contributed by atoms with Gasteiger partial charge in [0.2, 0.25) is 5.91 Å². The van der Waals surface area contributed by atoms with E-state index in [1.165, 1.54) is 0 Å². The maximum Gasteiger partial charge on any atom is 0.253 e. The first-order valence-corrected chi connectivity index (χ1v) is 10.3. The van der Waals surface area contributed by atoms with Gasteiger partial charge in [-0.3, -0.25) is 14.6 Å². The summed E-state index contributed by atoms with van der Waals surface area (Å²) in [5.41, 5.74) is 3.23. The van der Waals surface area contributed by atoms with Crippen LogP contribution in [0.3, 0.4) is 0 Å². The van der Waals surface area contributed by atoms with E-state index < -0.39 is 0 Å². The third kappa shape index (κ3) is 5.16. The average Bonchev–Trinajstić information content (AvgIpc) is 2.74. The molecule has 1 fully saturated rings. The molecule has 1 aliphatic heterocycles. The van der Waals surface area contributed by atoms with Crippen LogP contribution < -0.4 is 5.32 Å². The van der Waals surface area contributed by atoms with Gasteiger partial charge >= 0.3 is 0 Å². The molecule has 0 saturated carbocycles. The highest BCUT2D eigenvalue weighted by Crippen LogP contribution is 2.27. The quantitative estimate of drug-likeness (QED) is 0.812. The fraction of sp³-hybridized carbons (Fsp3) is 0.500. The van der Waals surface area contributed by atoms with Crippen molar-refractivity contribution >= 4 is 11.8 Å². The minimum absolute atomic E-state index is 0.00110. The van der Waals surface area contributed by atoms with Crippen molar-refractivity contribution in [1.82, 2.24) is 25.2 Å². The molecule has 2 aromatic rings. The predicted molar refractivity (Wildman–Crippen MR) is 111 cm³/mol. The Morgan fingerprint density at radius 2 is 1.86 bits per heavy atom. The number of likely N-dealkylation sites (tertiary alicyclic amines) is 1. The van der Waals surface area contributed by atoms with Gasteiger partial charge in [-0.1, -0.05) is 6.92 Å². The van der Waals surface area contributed by atoms with E-state index >= 15 is 0 Å². The topological polar surface area (TPSA) is 88.1 Å². The first-order valence-electron chi connectivity index (χ1n) is 10.3. The number of hydrogen-bond acceptors (Lipinski definition) is 5. The second kappa shape index (κ2) is 9.58. The molecule has 0 bridgehead atoms. The summed E-state index contributed by atoms with van der Waals surface area (Å²) in [6.45, 7) is 7.93. The van der Waals surface area contributed by atoms with E-state index in [0.717, 1.165) is 48.6 Å². The first-order chi connectivity index (χ1) is 14.0. The van der Waals surface area contributed by atoms with Gasteiger partial charge in [0, 0.05) is 60.5 Å². The van der Waals surface area contributed by atoms with Gasteiger partial charge in [-0.25, -0.2) is 9.97 Å². The Morgan fingerprint density at radius 1 is 1.17 bits per heavy atom. The van der Waals surface area contributed by atoms with Crippen LogP contribution in [0.1, 0.15) is 65.2 Å². The second-order valence-corrected chi connectivity index (χ2v) is 7.58. The Bertz CT molecular complexity index is 846. The zero-order chi connectivity index (χ0) is 20.8. The van der Waals surface area contributed by atoms with Gasteiger partial charge in [0.25, 0.3) is 5.91 Å². The zero-order valence-corrected chi connectivity index (χ0v) is 17.4. The minimum Gasteiger partial charge on any atom is -0.356 e. The number of aromatic nitrogens is 3. The number of nitrogens with zero attached hydrogens (tertiary/aromatic N) is 4. The molecule has 0 aromatic carbocycles. The van der Waals surface area contributed by atoms with Crippen molar-refractivity contribution in [2.45, 2.75) is 52.4 Å². The number of piperidine rings is 1. The van der Waals surface area contributed by atoms with Gasteiger partial charge < -0.3 is 10.2 Å². The summed E-state index contributed by atoms with van der Waals surface area (Å²) in [5.74, 6) is 0.899. The Hall–Kier alpha value is -2.83. The molecule has 1 aliphatic rings. The Kier molecular flexibility index (Phi) is 6.90. The second-order valence-electron chi connectivity index (χ2n) is 7.58. The normalized spacial score (nSPS) is 16.5. The first kappa shape index (κ1) is 20.9. The molecule has 0 spiro atoms. The van der Waals surface area contributed by atoms with Crippen LogP contribution in [0.15, 0.2) is 24.5 Å². The summed E-state index contributed by atoms with van der Waals surface area (Å²) in [5, 5.41) is 2.90. The van der Waals surface area contributed by atoms with Gasteiger partial charge in [0.05, 0.1) is 6.42 Å². The summed E-state index contributed by atoms with van der Waals surface area (Å²) < 4.78 is 0. The zero-order valence-electron chi connectivity index (χ0n) is 17.4. The Labute approximate surface area is 172 Å². The molecule has 2 amide bonds. The molecule has 7 nitrogen and oxygen atoms in total. The average molecular weight is 396 g/mol. The molecule has 154 valence electrons. The number of amides is 2. The van der Waals surface area contributed by atoms with Crippen LogP contribution in [-0.4, -0.2) is 51.3 Å². The highest BCUT2D eigenvalue weighted by molar-refractivity contribution is 5.94. The van der Waals surface area contributed by atoms with E-state index in [0.29, 0.717) is 25.1 Å². The van der Waals surface area contributed by atoms with Crippen LogP contribution in [0.25, 0.3) is 0 Å². The van der Waals surface area contributed by atoms with E-state index in [2.05, 4.69) is 10.3 Å². The predicted octanol–water partition coefficient (Wildman–Crippen LogP) is 2.58.